The topological polar surface area (TPSA) is 68.5 Å². The van der Waals surface area contributed by atoms with Gasteiger partial charge in [0.2, 0.25) is 0 Å². The molecule has 1 N–H and O–H groups in total. The molecule has 24 heavy (non-hydrogen) atoms. The van der Waals surface area contributed by atoms with Gasteiger partial charge in [0.25, 0.3) is 5.56 Å². The van der Waals surface area contributed by atoms with Crippen LogP contribution in [0.5, 0.6) is 5.75 Å². The van der Waals surface area contributed by atoms with Crippen molar-refractivity contribution in [2.45, 2.75) is 45.8 Å². The number of pyridine rings is 1. The predicted octanol–water partition coefficient (Wildman–Crippen LogP) is 3.42. The highest BCUT2D eigenvalue weighted by molar-refractivity contribution is 5.66. The van der Waals surface area contributed by atoms with Crippen LogP contribution in [-0.4, -0.2) is 15.6 Å². The van der Waals surface area contributed by atoms with E-state index in [1.165, 1.54) is 10.1 Å². The molecule has 5 nitrogen and oxygen atoms in total. The molecule has 0 aliphatic carbocycles. The van der Waals surface area contributed by atoms with E-state index in [0.717, 1.165) is 5.56 Å². The molecule has 1 heterocycles. The Morgan fingerprint density at radius 3 is 2.54 bits per heavy atom. The van der Waals surface area contributed by atoms with Crippen LogP contribution < -0.4 is 10.3 Å². The highest BCUT2D eigenvalue weighted by atomic mass is 16.5. The Hall–Kier alpha value is -2.56. The Kier molecular flexibility index (Phi) is 6.18. The fourth-order valence-electron chi connectivity index (χ4n) is 2.36. The summed E-state index contributed by atoms with van der Waals surface area (Å²) in [7, 11) is 0. The number of carboxylic acids is 1. The van der Waals surface area contributed by atoms with Gasteiger partial charge in [-0.3, -0.25) is 9.59 Å². The van der Waals surface area contributed by atoms with Crippen molar-refractivity contribution in [3.63, 3.8) is 0 Å². The third-order valence-electron chi connectivity index (χ3n) is 3.82. The summed E-state index contributed by atoms with van der Waals surface area (Å²) >= 11 is 0. The number of hydrogen-bond donors (Lipinski definition) is 1. The number of rotatable bonds is 8. The van der Waals surface area contributed by atoms with Crippen molar-refractivity contribution >= 4 is 5.97 Å². The summed E-state index contributed by atoms with van der Waals surface area (Å²) in [5.74, 6) is -0.104. The quantitative estimate of drug-likeness (QED) is 0.806. The second-order valence-corrected chi connectivity index (χ2v) is 6.05. The average molecular weight is 329 g/mol. The molecule has 0 atom stereocenters. The molecule has 0 saturated heterocycles. The summed E-state index contributed by atoms with van der Waals surface area (Å²) in [5, 5.41) is 8.67. The number of aryl methyl sites for hydroxylation is 1. The van der Waals surface area contributed by atoms with Crippen molar-refractivity contribution in [1.82, 2.24) is 4.57 Å². The van der Waals surface area contributed by atoms with Crippen LogP contribution in [0.15, 0.2) is 47.4 Å². The molecule has 2 rings (SSSR count). The zero-order chi connectivity index (χ0) is 17.5. The molecule has 0 fully saturated rings. The van der Waals surface area contributed by atoms with Gasteiger partial charge in [-0.1, -0.05) is 38.1 Å². The Balaban J connectivity index is 1.99. The molecule has 0 unspecified atom stereocenters. The first-order valence-electron chi connectivity index (χ1n) is 8.10. The summed E-state index contributed by atoms with van der Waals surface area (Å²) in [6, 6.07) is 11.5. The molecular formula is C19H23NO4. The Bertz CT molecular complexity index is 732. The lowest BCUT2D eigenvalue weighted by atomic mass is 10.0. The van der Waals surface area contributed by atoms with Crippen molar-refractivity contribution < 1.29 is 14.6 Å². The van der Waals surface area contributed by atoms with Crippen LogP contribution in [0.2, 0.25) is 0 Å². The normalized spacial score (nSPS) is 10.8. The van der Waals surface area contributed by atoms with Gasteiger partial charge < -0.3 is 14.4 Å². The third-order valence-corrected chi connectivity index (χ3v) is 3.82. The van der Waals surface area contributed by atoms with Crippen molar-refractivity contribution in [3.8, 4) is 5.75 Å². The largest absolute Gasteiger partial charge is 0.483 e. The first-order valence-corrected chi connectivity index (χ1v) is 8.10. The second-order valence-electron chi connectivity index (χ2n) is 6.05. The second kappa shape index (κ2) is 8.34. The first kappa shape index (κ1) is 17.8. The van der Waals surface area contributed by atoms with Gasteiger partial charge in [-0.25, -0.2) is 0 Å². The molecule has 0 aliphatic heterocycles. The molecule has 0 aliphatic rings. The number of ether oxygens (including phenoxy) is 1. The van der Waals surface area contributed by atoms with Crippen molar-refractivity contribution in [1.29, 1.82) is 0 Å². The van der Waals surface area contributed by atoms with Gasteiger partial charge in [-0.15, -0.1) is 0 Å². The molecule has 1 aromatic carbocycles. The van der Waals surface area contributed by atoms with E-state index in [1.54, 1.807) is 18.3 Å². The molecule has 2 aromatic rings. The monoisotopic (exact) mass is 329 g/mol. The van der Waals surface area contributed by atoms with Crippen LogP contribution >= 0.6 is 0 Å². The van der Waals surface area contributed by atoms with Crippen LogP contribution in [-0.2, 0) is 17.9 Å². The number of nitrogens with zero attached hydrogens (tertiary/aromatic N) is 1. The lowest BCUT2D eigenvalue weighted by Gasteiger charge is -2.10. The van der Waals surface area contributed by atoms with Crippen LogP contribution in [0.4, 0.5) is 0 Å². The van der Waals surface area contributed by atoms with Crippen molar-refractivity contribution in [2.75, 3.05) is 0 Å². The minimum absolute atomic E-state index is 0.0414. The predicted molar refractivity (Wildman–Crippen MR) is 92.4 cm³/mol. The zero-order valence-electron chi connectivity index (χ0n) is 14.1. The lowest BCUT2D eigenvalue weighted by molar-refractivity contribution is -0.137. The Morgan fingerprint density at radius 2 is 1.92 bits per heavy atom. The van der Waals surface area contributed by atoms with Crippen molar-refractivity contribution in [3.05, 3.63) is 64.1 Å². The number of hydrogen-bond acceptors (Lipinski definition) is 3. The van der Waals surface area contributed by atoms with Crippen LogP contribution in [0.3, 0.4) is 0 Å². The molecule has 0 radical (unpaired) electrons. The molecule has 0 bridgehead atoms. The number of benzene rings is 1. The summed E-state index contributed by atoms with van der Waals surface area (Å²) in [6.07, 6.45) is 2.10. The van der Waals surface area contributed by atoms with Crippen LogP contribution in [0.1, 0.15) is 43.7 Å². The minimum Gasteiger partial charge on any atom is -0.483 e. The van der Waals surface area contributed by atoms with Gasteiger partial charge >= 0.3 is 5.97 Å². The van der Waals surface area contributed by atoms with Crippen LogP contribution in [0.25, 0.3) is 0 Å². The number of aliphatic carboxylic acids is 1. The third kappa shape index (κ3) is 4.98. The maximum absolute atomic E-state index is 12.3. The van der Waals surface area contributed by atoms with Gasteiger partial charge in [0.05, 0.1) is 0 Å². The smallest absolute Gasteiger partial charge is 0.303 e. The van der Waals surface area contributed by atoms with Gasteiger partial charge in [-0.2, -0.15) is 0 Å². The Labute approximate surface area is 141 Å². The lowest BCUT2D eigenvalue weighted by Crippen LogP contribution is -2.21. The number of carboxylic acid groups (broad SMARTS) is 1. The van der Waals surface area contributed by atoms with E-state index in [9.17, 15) is 9.59 Å². The first-order chi connectivity index (χ1) is 11.5. The summed E-state index contributed by atoms with van der Waals surface area (Å²) in [5.41, 5.74) is 2.03. The molecule has 1 aromatic heterocycles. The zero-order valence-corrected chi connectivity index (χ0v) is 14.1. The SMILES string of the molecule is CC(C)c1ccc(COc2cccn(CCCC(=O)O)c2=O)cc1. The van der Waals surface area contributed by atoms with Crippen molar-refractivity contribution in [2.24, 2.45) is 0 Å². The highest BCUT2D eigenvalue weighted by Crippen LogP contribution is 2.15. The molecular weight excluding hydrogens is 306 g/mol. The van der Waals surface area contributed by atoms with E-state index in [0.29, 0.717) is 25.5 Å². The van der Waals surface area contributed by atoms with Gasteiger partial charge in [-0.05, 0) is 35.6 Å². The van der Waals surface area contributed by atoms with Gasteiger partial charge in [0, 0.05) is 19.2 Å². The molecule has 5 heteroatoms. The van der Waals surface area contributed by atoms with Crippen LogP contribution in [0, 0.1) is 0 Å². The number of aromatic nitrogens is 1. The Morgan fingerprint density at radius 1 is 1.21 bits per heavy atom. The fraction of sp³-hybridized carbons (Fsp3) is 0.368. The van der Waals surface area contributed by atoms with E-state index in [1.807, 2.05) is 12.1 Å². The summed E-state index contributed by atoms with van der Waals surface area (Å²) in [6.45, 7) is 4.97. The van der Waals surface area contributed by atoms with Gasteiger partial charge in [0.1, 0.15) is 6.61 Å². The summed E-state index contributed by atoms with van der Waals surface area (Å²) in [4.78, 5) is 22.9. The van der Waals surface area contributed by atoms with E-state index in [2.05, 4.69) is 26.0 Å². The molecule has 128 valence electrons. The highest BCUT2D eigenvalue weighted by Gasteiger charge is 2.06. The van der Waals surface area contributed by atoms with E-state index >= 15 is 0 Å². The molecule has 0 amide bonds. The standard InChI is InChI=1S/C19H23NO4/c1-14(2)16-9-7-15(8-10-16)13-24-17-5-3-11-20(19(17)23)12-4-6-18(21)22/h3,5,7-11,14H,4,6,12-13H2,1-2H3,(H,21,22). The molecule has 0 spiro atoms. The van der Waals surface area contributed by atoms with E-state index in [-0.39, 0.29) is 17.7 Å². The maximum atomic E-state index is 12.3. The minimum atomic E-state index is -0.861. The van der Waals surface area contributed by atoms with E-state index < -0.39 is 5.97 Å². The maximum Gasteiger partial charge on any atom is 0.303 e. The average Bonchev–Trinajstić information content (AvgIpc) is 2.55. The fourth-order valence-corrected chi connectivity index (χ4v) is 2.36. The number of carbonyl (C=O) groups is 1. The van der Waals surface area contributed by atoms with Gasteiger partial charge in [0.15, 0.2) is 5.75 Å². The molecule has 0 saturated carbocycles. The van der Waals surface area contributed by atoms with E-state index in [4.69, 9.17) is 9.84 Å². The summed E-state index contributed by atoms with van der Waals surface area (Å²) < 4.78 is 7.13.